The van der Waals surface area contributed by atoms with Crippen LogP contribution in [-0.4, -0.2) is 58.1 Å². The van der Waals surface area contributed by atoms with Crippen LogP contribution >= 0.6 is 22.7 Å². The van der Waals surface area contributed by atoms with Crippen molar-refractivity contribution in [2.45, 2.75) is 89.6 Å². The molecule has 11 nitrogen and oxygen atoms in total. The molecule has 4 aromatic rings. The van der Waals surface area contributed by atoms with Crippen LogP contribution in [0.25, 0.3) is 0 Å². The van der Waals surface area contributed by atoms with Crippen LogP contribution in [0.5, 0.6) is 0 Å². The fourth-order valence-corrected chi connectivity index (χ4v) is 6.65. The molecule has 264 valence electrons. The summed E-state index contributed by atoms with van der Waals surface area (Å²) in [6.45, 7) is 4.57. The van der Waals surface area contributed by atoms with Gasteiger partial charge in [-0.3, -0.25) is 9.78 Å². The number of nitrogens with zero attached hydrogens (tertiary/aromatic N) is 4. The Morgan fingerprint density at radius 1 is 0.900 bits per heavy atom. The average Bonchev–Trinajstić information content (AvgIpc) is 3.82. The summed E-state index contributed by atoms with van der Waals surface area (Å²) >= 11 is 2.97. The van der Waals surface area contributed by atoms with Gasteiger partial charge in [-0.15, -0.1) is 22.7 Å². The molecule has 3 N–H and O–H groups in total. The molecule has 0 spiro atoms. The minimum atomic E-state index is -0.913. The number of benzene rings is 2. The molecule has 2 heterocycles. The zero-order valence-corrected chi connectivity index (χ0v) is 30.3. The Kier molecular flexibility index (Phi) is 15.2. The summed E-state index contributed by atoms with van der Waals surface area (Å²) in [6.07, 6.45) is 3.61. The molecule has 0 aliphatic heterocycles. The maximum Gasteiger partial charge on any atom is 0.407 e. The fourth-order valence-electron chi connectivity index (χ4n) is 5.32. The van der Waals surface area contributed by atoms with Crippen molar-refractivity contribution < 1.29 is 19.1 Å². The van der Waals surface area contributed by atoms with Gasteiger partial charge in [0.15, 0.2) is 0 Å². The van der Waals surface area contributed by atoms with Gasteiger partial charge in [-0.05, 0) is 43.2 Å². The van der Waals surface area contributed by atoms with Gasteiger partial charge in [0, 0.05) is 43.0 Å². The van der Waals surface area contributed by atoms with Crippen molar-refractivity contribution in [3.05, 3.63) is 104 Å². The van der Waals surface area contributed by atoms with Gasteiger partial charge in [0.05, 0.1) is 33.7 Å². The molecule has 3 atom stereocenters. The minimum Gasteiger partial charge on any atom is -0.444 e. The summed E-state index contributed by atoms with van der Waals surface area (Å²) in [5.41, 5.74) is 4.57. The van der Waals surface area contributed by atoms with Crippen LogP contribution in [0.4, 0.5) is 9.59 Å². The van der Waals surface area contributed by atoms with Crippen LogP contribution in [0.3, 0.4) is 0 Å². The Bertz CT molecular complexity index is 1660. The predicted molar refractivity (Wildman–Crippen MR) is 196 cm³/mol. The van der Waals surface area contributed by atoms with Crippen molar-refractivity contribution in [2.75, 3.05) is 7.05 Å². The first-order valence-electron chi connectivity index (χ1n) is 16.7. The van der Waals surface area contributed by atoms with Gasteiger partial charge in [-0.25, -0.2) is 14.6 Å². The highest BCUT2D eigenvalue weighted by molar-refractivity contribution is 7.09. The number of hydrogen-bond acceptors (Lipinski definition) is 9. The van der Waals surface area contributed by atoms with E-state index in [1.807, 2.05) is 66.0 Å². The largest absolute Gasteiger partial charge is 0.444 e. The van der Waals surface area contributed by atoms with Crippen molar-refractivity contribution in [3.8, 4) is 6.07 Å². The molecule has 0 radical (unpaired) electrons. The highest BCUT2D eigenvalue weighted by atomic mass is 32.1. The third kappa shape index (κ3) is 12.9. The lowest BCUT2D eigenvalue weighted by Gasteiger charge is -2.27. The first kappa shape index (κ1) is 38.0. The molecule has 0 bridgehead atoms. The summed E-state index contributed by atoms with van der Waals surface area (Å²) < 4.78 is 5.47. The first-order valence-corrected chi connectivity index (χ1v) is 18.5. The lowest BCUT2D eigenvalue weighted by Crippen LogP contribution is -2.52. The van der Waals surface area contributed by atoms with Gasteiger partial charge in [0.1, 0.15) is 12.6 Å². The molecule has 50 heavy (non-hydrogen) atoms. The third-order valence-corrected chi connectivity index (χ3v) is 9.93. The third-order valence-electron chi connectivity index (χ3n) is 7.98. The van der Waals surface area contributed by atoms with Crippen LogP contribution in [0.2, 0.25) is 0 Å². The van der Waals surface area contributed by atoms with E-state index in [0.717, 1.165) is 26.7 Å². The molecule has 0 saturated carbocycles. The molecule has 2 aromatic heterocycles. The number of alkyl carbamates (subject to hydrolysis) is 1. The number of carbonyl (C=O) groups is 3. The fraction of sp³-hybridized carbons (Fsp3) is 0.405. The van der Waals surface area contributed by atoms with Crippen LogP contribution in [0.1, 0.15) is 72.2 Å². The zero-order chi connectivity index (χ0) is 35.7. The van der Waals surface area contributed by atoms with Gasteiger partial charge >= 0.3 is 12.1 Å². The van der Waals surface area contributed by atoms with Gasteiger partial charge < -0.3 is 25.6 Å². The summed E-state index contributed by atoms with van der Waals surface area (Å²) in [5, 5.41) is 21.3. The number of hydrogen-bond donors (Lipinski definition) is 3. The quantitative estimate of drug-likeness (QED) is 0.105. The van der Waals surface area contributed by atoms with Crippen LogP contribution in [0, 0.1) is 11.3 Å². The van der Waals surface area contributed by atoms with Crippen LogP contribution in [-0.2, 0) is 35.5 Å². The van der Waals surface area contributed by atoms with Gasteiger partial charge in [-0.1, -0.05) is 74.5 Å². The molecule has 0 aliphatic rings. The van der Waals surface area contributed by atoms with E-state index in [9.17, 15) is 19.6 Å². The van der Waals surface area contributed by atoms with Crippen molar-refractivity contribution in [1.29, 1.82) is 5.26 Å². The number of urea groups is 1. The molecule has 13 heteroatoms. The summed E-state index contributed by atoms with van der Waals surface area (Å²) in [6, 6.07) is 19.9. The lowest BCUT2D eigenvalue weighted by atomic mass is 9.95. The molecular weight excluding hydrogens is 671 g/mol. The maximum atomic E-state index is 13.8. The second kappa shape index (κ2) is 20.0. The van der Waals surface area contributed by atoms with Gasteiger partial charge in [-0.2, -0.15) is 5.26 Å². The van der Waals surface area contributed by atoms with Crippen molar-refractivity contribution >= 4 is 40.7 Å². The van der Waals surface area contributed by atoms with E-state index in [2.05, 4.69) is 45.8 Å². The topological polar surface area (TPSA) is 149 Å². The SMILES string of the molecule is CC(C)c1nc(CN(C)C(=O)NC(CCC#N)C(=O)NC(CCC(Cc2ccccc2)NC(=O)OCc2cncs2)Cc2ccccc2)cs1. The van der Waals surface area contributed by atoms with Crippen molar-refractivity contribution in [2.24, 2.45) is 0 Å². The number of thiazole rings is 2. The van der Waals surface area contributed by atoms with Gasteiger partial charge in [0.25, 0.3) is 0 Å². The number of ether oxygens (including phenoxy) is 1. The van der Waals surface area contributed by atoms with E-state index in [0.29, 0.717) is 38.1 Å². The van der Waals surface area contributed by atoms with Crippen molar-refractivity contribution in [1.82, 2.24) is 30.8 Å². The molecule has 0 saturated heterocycles. The van der Waals surface area contributed by atoms with E-state index >= 15 is 0 Å². The van der Waals surface area contributed by atoms with E-state index < -0.39 is 18.2 Å². The lowest BCUT2D eigenvalue weighted by molar-refractivity contribution is -0.123. The molecule has 4 amide bonds. The number of carbonyl (C=O) groups excluding carboxylic acids is 3. The van der Waals surface area contributed by atoms with E-state index in [-0.39, 0.29) is 37.4 Å². The number of aromatic nitrogens is 2. The molecular formula is C37H45N7O4S2. The van der Waals surface area contributed by atoms with Crippen LogP contribution in [0.15, 0.2) is 77.8 Å². The number of amides is 4. The number of nitriles is 1. The smallest absolute Gasteiger partial charge is 0.407 e. The van der Waals surface area contributed by atoms with E-state index in [1.54, 1.807) is 30.1 Å². The highest BCUT2D eigenvalue weighted by Gasteiger charge is 2.26. The predicted octanol–water partition coefficient (Wildman–Crippen LogP) is 6.58. The maximum absolute atomic E-state index is 13.8. The Balaban J connectivity index is 1.44. The van der Waals surface area contributed by atoms with Crippen molar-refractivity contribution in [3.63, 3.8) is 0 Å². The highest BCUT2D eigenvalue weighted by Crippen LogP contribution is 2.20. The second-order valence-electron chi connectivity index (χ2n) is 12.4. The average molecular weight is 716 g/mol. The minimum absolute atomic E-state index is 0.0992. The summed E-state index contributed by atoms with van der Waals surface area (Å²) in [4.78, 5) is 50.9. The molecule has 2 aromatic carbocycles. The second-order valence-corrected chi connectivity index (χ2v) is 14.3. The summed E-state index contributed by atoms with van der Waals surface area (Å²) in [5.74, 6) is -0.0709. The molecule has 0 aliphatic carbocycles. The Hall–Kier alpha value is -4.80. The standard InChI is InChI=1S/C37H45N7O4S2/c1-26(2)35-41-31(24-49-35)22-44(3)36(46)43-33(15-10-18-38)34(45)40-29(19-27-11-6-4-7-12-27)16-17-30(20-28-13-8-5-9-14-28)42-37(47)48-23-32-21-39-25-50-32/h4-9,11-14,21,24-26,29-30,33H,10,15-17,19-20,22-23H2,1-3H3,(H,40,45)(H,42,47)(H,43,46). The van der Waals surface area contributed by atoms with Crippen LogP contribution < -0.4 is 16.0 Å². The van der Waals surface area contributed by atoms with Gasteiger partial charge in [0.2, 0.25) is 5.91 Å². The monoisotopic (exact) mass is 715 g/mol. The summed E-state index contributed by atoms with van der Waals surface area (Å²) in [7, 11) is 1.66. The number of nitrogens with one attached hydrogen (secondary N) is 3. The molecule has 3 unspecified atom stereocenters. The molecule has 4 rings (SSSR count). The zero-order valence-electron chi connectivity index (χ0n) is 28.7. The molecule has 0 fully saturated rings. The Morgan fingerprint density at radius 3 is 2.10 bits per heavy atom. The Morgan fingerprint density at radius 2 is 1.54 bits per heavy atom. The number of rotatable bonds is 18. The van der Waals surface area contributed by atoms with E-state index in [1.165, 1.54) is 16.2 Å². The van der Waals surface area contributed by atoms with E-state index in [4.69, 9.17) is 4.74 Å². The normalized spacial score (nSPS) is 12.7. The Labute approximate surface area is 302 Å². The first-order chi connectivity index (χ1) is 24.2.